The lowest BCUT2D eigenvalue weighted by Gasteiger charge is -1.92. The summed E-state index contributed by atoms with van der Waals surface area (Å²) in [5.41, 5.74) is 0. The smallest absolute Gasteiger partial charge is 0.220 e. The maximum Gasteiger partial charge on any atom is 0.220 e. The summed E-state index contributed by atoms with van der Waals surface area (Å²) in [4.78, 5) is 10.3. The van der Waals surface area contributed by atoms with Crippen LogP contribution >= 0.6 is 0 Å². The number of unbranched alkanes of at least 4 members (excludes halogenated alkanes) is 2. The quantitative estimate of drug-likeness (QED) is 0.580. The summed E-state index contributed by atoms with van der Waals surface area (Å²) >= 11 is 0. The van der Waals surface area contributed by atoms with Crippen LogP contribution in [0.5, 0.6) is 0 Å². The Morgan fingerprint density at radius 1 is 1.55 bits per heavy atom. The van der Waals surface area contributed by atoms with Crippen LogP contribution in [0.3, 0.4) is 0 Å². The highest BCUT2D eigenvalue weighted by atomic mass is 16.2. The van der Waals surface area contributed by atoms with Gasteiger partial charge in [-0.15, -0.1) is 0 Å². The standard InChI is InChI=1S/C8H15NO2/c1-8(11)9-6-4-2-3-5-7-10/h4,6,10H,2-3,5,7H2,1H3,(H,9,11). The first-order valence-corrected chi connectivity index (χ1v) is 3.80. The minimum Gasteiger partial charge on any atom is -0.396 e. The van der Waals surface area contributed by atoms with Gasteiger partial charge in [0.05, 0.1) is 0 Å². The molecule has 0 spiro atoms. The van der Waals surface area contributed by atoms with Gasteiger partial charge in [-0.2, -0.15) is 0 Å². The zero-order chi connectivity index (χ0) is 8.53. The molecule has 0 aromatic rings. The number of allylic oxidation sites excluding steroid dienone is 1. The van der Waals surface area contributed by atoms with E-state index in [0.717, 1.165) is 19.3 Å². The molecule has 64 valence electrons. The number of hydrogen-bond donors (Lipinski definition) is 2. The van der Waals surface area contributed by atoms with E-state index >= 15 is 0 Å². The molecule has 0 aliphatic rings. The lowest BCUT2D eigenvalue weighted by molar-refractivity contribution is -0.118. The zero-order valence-corrected chi connectivity index (χ0v) is 6.84. The van der Waals surface area contributed by atoms with Crippen molar-refractivity contribution in [3.63, 3.8) is 0 Å². The maximum atomic E-state index is 10.3. The van der Waals surface area contributed by atoms with Crippen LogP contribution in [0.25, 0.3) is 0 Å². The summed E-state index contributed by atoms with van der Waals surface area (Å²) in [6.45, 7) is 1.71. The molecule has 0 saturated heterocycles. The van der Waals surface area contributed by atoms with Crippen LogP contribution in [-0.2, 0) is 4.79 Å². The van der Waals surface area contributed by atoms with Gasteiger partial charge in [-0.3, -0.25) is 4.79 Å². The Bertz CT molecular complexity index is 132. The number of carbonyl (C=O) groups is 1. The van der Waals surface area contributed by atoms with Crippen LogP contribution in [0.1, 0.15) is 26.2 Å². The summed E-state index contributed by atoms with van der Waals surface area (Å²) in [5.74, 6) is -0.0524. The first-order valence-electron chi connectivity index (χ1n) is 3.80. The molecule has 11 heavy (non-hydrogen) atoms. The van der Waals surface area contributed by atoms with Gasteiger partial charge >= 0.3 is 0 Å². The molecule has 0 bridgehead atoms. The van der Waals surface area contributed by atoms with Gasteiger partial charge in [0.1, 0.15) is 0 Å². The topological polar surface area (TPSA) is 49.3 Å². The van der Waals surface area contributed by atoms with Crippen molar-refractivity contribution in [2.75, 3.05) is 6.61 Å². The number of aliphatic hydroxyl groups excluding tert-OH is 1. The predicted molar refractivity (Wildman–Crippen MR) is 43.9 cm³/mol. The van der Waals surface area contributed by atoms with E-state index in [4.69, 9.17) is 5.11 Å². The molecule has 0 radical (unpaired) electrons. The third kappa shape index (κ3) is 9.17. The van der Waals surface area contributed by atoms with Gasteiger partial charge in [0, 0.05) is 13.5 Å². The Balaban J connectivity index is 3.10. The molecule has 0 heterocycles. The van der Waals surface area contributed by atoms with Crippen LogP contribution in [0.15, 0.2) is 12.3 Å². The largest absolute Gasteiger partial charge is 0.396 e. The lowest BCUT2D eigenvalue weighted by atomic mass is 10.2. The van der Waals surface area contributed by atoms with Gasteiger partial charge in [0.25, 0.3) is 0 Å². The van der Waals surface area contributed by atoms with E-state index in [1.54, 1.807) is 6.20 Å². The molecule has 0 saturated carbocycles. The summed E-state index contributed by atoms with van der Waals surface area (Å²) in [6, 6.07) is 0. The molecule has 0 unspecified atom stereocenters. The Hall–Kier alpha value is -0.830. The average molecular weight is 157 g/mol. The van der Waals surface area contributed by atoms with Crippen LogP contribution in [0, 0.1) is 0 Å². The van der Waals surface area contributed by atoms with Crippen LogP contribution < -0.4 is 5.32 Å². The fraction of sp³-hybridized carbons (Fsp3) is 0.625. The molecular weight excluding hydrogens is 142 g/mol. The van der Waals surface area contributed by atoms with Crippen molar-refractivity contribution in [3.05, 3.63) is 12.3 Å². The predicted octanol–water partition coefficient (Wildman–Crippen LogP) is 0.799. The second-order valence-electron chi connectivity index (χ2n) is 2.32. The third-order valence-electron chi connectivity index (χ3n) is 1.18. The molecule has 0 atom stereocenters. The van der Waals surface area contributed by atoms with Gasteiger partial charge in [-0.05, 0) is 25.5 Å². The van der Waals surface area contributed by atoms with Gasteiger partial charge < -0.3 is 10.4 Å². The summed E-state index contributed by atoms with van der Waals surface area (Å²) in [7, 11) is 0. The lowest BCUT2D eigenvalue weighted by Crippen LogP contribution is -2.11. The van der Waals surface area contributed by atoms with E-state index < -0.39 is 0 Å². The van der Waals surface area contributed by atoms with Crippen LogP contribution in [0.4, 0.5) is 0 Å². The van der Waals surface area contributed by atoms with E-state index in [1.807, 2.05) is 6.08 Å². The molecule has 0 aliphatic heterocycles. The van der Waals surface area contributed by atoms with Crippen molar-refractivity contribution >= 4 is 5.91 Å². The Morgan fingerprint density at radius 2 is 2.27 bits per heavy atom. The van der Waals surface area contributed by atoms with Crippen molar-refractivity contribution in [1.29, 1.82) is 0 Å². The molecule has 3 heteroatoms. The molecule has 3 nitrogen and oxygen atoms in total. The van der Waals surface area contributed by atoms with Crippen LogP contribution in [-0.4, -0.2) is 17.6 Å². The highest BCUT2D eigenvalue weighted by Crippen LogP contribution is 1.93. The molecule has 1 amide bonds. The maximum absolute atomic E-state index is 10.3. The number of hydrogen-bond acceptors (Lipinski definition) is 2. The zero-order valence-electron chi connectivity index (χ0n) is 6.84. The summed E-state index contributed by atoms with van der Waals surface area (Å²) in [6.07, 6.45) is 6.22. The molecule has 2 N–H and O–H groups in total. The number of carbonyl (C=O) groups excluding carboxylic acids is 1. The number of aliphatic hydroxyl groups is 1. The van der Waals surface area contributed by atoms with E-state index in [9.17, 15) is 4.79 Å². The first kappa shape index (κ1) is 10.2. The van der Waals surface area contributed by atoms with E-state index in [1.165, 1.54) is 6.92 Å². The van der Waals surface area contributed by atoms with Gasteiger partial charge in [-0.25, -0.2) is 0 Å². The van der Waals surface area contributed by atoms with Crippen molar-refractivity contribution in [2.45, 2.75) is 26.2 Å². The van der Waals surface area contributed by atoms with Crippen molar-refractivity contribution < 1.29 is 9.90 Å². The highest BCUT2D eigenvalue weighted by Gasteiger charge is 1.83. The van der Waals surface area contributed by atoms with Gasteiger partial charge in [0.2, 0.25) is 5.91 Å². The molecule has 0 aromatic carbocycles. The monoisotopic (exact) mass is 157 g/mol. The molecule has 0 aliphatic carbocycles. The number of rotatable bonds is 5. The first-order chi connectivity index (χ1) is 5.27. The SMILES string of the molecule is CC(=O)NC=CCCCCO. The van der Waals surface area contributed by atoms with Crippen molar-refractivity contribution in [3.8, 4) is 0 Å². The van der Waals surface area contributed by atoms with E-state index in [2.05, 4.69) is 5.32 Å². The summed E-state index contributed by atoms with van der Waals surface area (Å²) in [5, 5.41) is 11.0. The highest BCUT2D eigenvalue weighted by molar-refractivity contribution is 5.73. The molecule has 0 aromatic heterocycles. The fourth-order valence-corrected chi connectivity index (χ4v) is 0.634. The van der Waals surface area contributed by atoms with E-state index in [0.29, 0.717) is 0 Å². The fourth-order valence-electron chi connectivity index (χ4n) is 0.634. The van der Waals surface area contributed by atoms with Crippen molar-refractivity contribution in [1.82, 2.24) is 5.32 Å². The van der Waals surface area contributed by atoms with Gasteiger partial charge in [0.15, 0.2) is 0 Å². The third-order valence-corrected chi connectivity index (χ3v) is 1.18. The molecule has 0 fully saturated rings. The minimum atomic E-state index is -0.0524. The Labute approximate surface area is 67.1 Å². The minimum absolute atomic E-state index is 0.0524. The Kier molecular flexibility index (Phi) is 6.73. The second kappa shape index (κ2) is 7.28. The van der Waals surface area contributed by atoms with Crippen LogP contribution in [0.2, 0.25) is 0 Å². The normalized spacial score (nSPS) is 10.4. The Morgan fingerprint density at radius 3 is 2.82 bits per heavy atom. The van der Waals surface area contributed by atoms with Gasteiger partial charge in [-0.1, -0.05) is 6.08 Å². The second-order valence-corrected chi connectivity index (χ2v) is 2.32. The van der Waals surface area contributed by atoms with Crippen molar-refractivity contribution in [2.24, 2.45) is 0 Å². The average Bonchev–Trinajstić information content (AvgIpc) is 1.96. The molecule has 0 rings (SSSR count). The number of nitrogens with one attached hydrogen (secondary N) is 1. The molecular formula is C8H15NO2. The van der Waals surface area contributed by atoms with E-state index in [-0.39, 0.29) is 12.5 Å². The summed E-state index contributed by atoms with van der Waals surface area (Å²) < 4.78 is 0. The number of amides is 1.